The number of rotatable bonds is 2. The summed E-state index contributed by atoms with van der Waals surface area (Å²) in [4.78, 5) is 13.3. The van der Waals surface area contributed by atoms with Crippen LogP contribution in [0, 0.1) is 11.3 Å². The van der Waals surface area contributed by atoms with Crippen LogP contribution in [-0.4, -0.2) is 43.3 Å². The van der Waals surface area contributed by atoms with Gasteiger partial charge in [0.05, 0.1) is 6.54 Å². The molecule has 0 aromatic carbocycles. The number of nitrogens with zero attached hydrogens (tertiary/aromatic N) is 1. The molecule has 0 aromatic heterocycles. The molecular formula is C12H22N2O2. The van der Waals surface area contributed by atoms with Crippen molar-refractivity contribution in [2.75, 3.05) is 26.2 Å². The molecule has 2 saturated heterocycles. The van der Waals surface area contributed by atoms with E-state index in [1.807, 2.05) is 0 Å². The van der Waals surface area contributed by atoms with E-state index in [4.69, 9.17) is 4.74 Å². The lowest BCUT2D eigenvalue weighted by atomic mass is 9.80. The van der Waals surface area contributed by atoms with Crippen molar-refractivity contribution < 1.29 is 9.53 Å². The highest BCUT2D eigenvalue weighted by Crippen LogP contribution is 2.33. The van der Waals surface area contributed by atoms with Gasteiger partial charge in [0, 0.05) is 13.1 Å². The molecule has 0 saturated carbocycles. The van der Waals surface area contributed by atoms with Gasteiger partial charge in [-0.25, -0.2) is 4.79 Å². The number of hydrogen-bond acceptors (Lipinski definition) is 3. The Bertz CT molecular complexity index is 273. The summed E-state index contributed by atoms with van der Waals surface area (Å²) >= 11 is 0. The maximum atomic E-state index is 10.9. The molecule has 0 spiro atoms. The third kappa shape index (κ3) is 2.67. The molecule has 0 aliphatic carbocycles. The van der Waals surface area contributed by atoms with Gasteiger partial charge in [0.2, 0.25) is 0 Å². The monoisotopic (exact) mass is 226 g/mol. The van der Waals surface area contributed by atoms with Crippen molar-refractivity contribution in [3.63, 3.8) is 0 Å². The fourth-order valence-electron chi connectivity index (χ4n) is 2.53. The molecular weight excluding hydrogens is 204 g/mol. The van der Waals surface area contributed by atoms with Crippen LogP contribution < -0.4 is 5.32 Å². The molecule has 4 nitrogen and oxygen atoms in total. The average molecular weight is 226 g/mol. The van der Waals surface area contributed by atoms with Crippen LogP contribution in [-0.2, 0) is 4.74 Å². The molecule has 0 aromatic rings. The zero-order valence-corrected chi connectivity index (χ0v) is 10.5. The molecule has 2 fully saturated rings. The average Bonchev–Trinajstić information content (AvgIpc) is 2.74. The first kappa shape index (κ1) is 11.7. The summed E-state index contributed by atoms with van der Waals surface area (Å²) in [6.07, 6.45) is 1.04. The highest BCUT2D eigenvalue weighted by molar-refractivity contribution is 5.69. The third-order valence-corrected chi connectivity index (χ3v) is 3.71. The summed E-state index contributed by atoms with van der Waals surface area (Å²) in [5.41, 5.74) is 0.388. The van der Waals surface area contributed by atoms with Gasteiger partial charge in [0.15, 0.2) is 0 Å². The molecule has 2 atom stereocenters. The molecule has 4 heteroatoms. The van der Waals surface area contributed by atoms with Crippen LogP contribution in [0.2, 0.25) is 0 Å². The second-order valence-electron chi connectivity index (χ2n) is 6.02. The Morgan fingerprint density at radius 2 is 2.25 bits per heavy atom. The van der Waals surface area contributed by atoms with E-state index in [1.165, 1.54) is 6.42 Å². The van der Waals surface area contributed by atoms with Crippen LogP contribution in [0.5, 0.6) is 0 Å². The largest absolute Gasteiger partial charge is 0.443 e. The van der Waals surface area contributed by atoms with Crippen LogP contribution in [0.15, 0.2) is 0 Å². The van der Waals surface area contributed by atoms with Crippen molar-refractivity contribution >= 4 is 6.09 Å². The van der Waals surface area contributed by atoms with E-state index in [1.54, 1.807) is 0 Å². The van der Waals surface area contributed by atoms with Gasteiger partial charge in [0.25, 0.3) is 0 Å². The van der Waals surface area contributed by atoms with Crippen molar-refractivity contribution in [3.05, 3.63) is 0 Å². The van der Waals surface area contributed by atoms with Crippen LogP contribution in [0.25, 0.3) is 0 Å². The SMILES string of the molecule is CC(C)(C)C1CCN(CC2CNC(=O)O2)C1. The molecule has 2 rings (SSSR count). The van der Waals surface area contributed by atoms with Crippen molar-refractivity contribution in [2.24, 2.45) is 11.3 Å². The number of likely N-dealkylation sites (tertiary alicyclic amines) is 1. The van der Waals surface area contributed by atoms with Gasteiger partial charge < -0.3 is 10.1 Å². The van der Waals surface area contributed by atoms with Gasteiger partial charge in [-0.1, -0.05) is 20.8 Å². The number of cyclic esters (lactones) is 1. The molecule has 92 valence electrons. The van der Waals surface area contributed by atoms with Crippen LogP contribution in [0.1, 0.15) is 27.2 Å². The summed E-state index contributed by atoms with van der Waals surface area (Å²) in [5.74, 6) is 0.762. The number of alkyl carbamates (subject to hydrolysis) is 1. The first-order chi connectivity index (χ1) is 7.45. The third-order valence-electron chi connectivity index (χ3n) is 3.71. The van der Waals surface area contributed by atoms with Gasteiger partial charge in [-0.3, -0.25) is 4.90 Å². The van der Waals surface area contributed by atoms with E-state index in [-0.39, 0.29) is 12.2 Å². The van der Waals surface area contributed by atoms with Gasteiger partial charge in [-0.05, 0) is 24.3 Å². The van der Waals surface area contributed by atoms with Crippen LogP contribution in [0.3, 0.4) is 0 Å². The molecule has 2 heterocycles. The lowest BCUT2D eigenvalue weighted by Gasteiger charge is -2.27. The Kier molecular flexibility index (Phi) is 3.10. The Balaban J connectivity index is 1.79. The Morgan fingerprint density at radius 1 is 1.50 bits per heavy atom. The maximum absolute atomic E-state index is 10.9. The predicted octanol–water partition coefficient (Wildman–Crippen LogP) is 1.46. The quantitative estimate of drug-likeness (QED) is 0.775. The summed E-state index contributed by atoms with van der Waals surface area (Å²) in [6.45, 7) is 10.7. The first-order valence-electron chi connectivity index (χ1n) is 6.12. The van der Waals surface area contributed by atoms with Crippen molar-refractivity contribution in [1.29, 1.82) is 0 Å². The van der Waals surface area contributed by atoms with E-state index in [9.17, 15) is 4.79 Å². The summed E-state index contributed by atoms with van der Waals surface area (Å²) < 4.78 is 5.15. The van der Waals surface area contributed by atoms with Gasteiger partial charge in [-0.2, -0.15) is 0 Å². The van der Waals surface area contributed by atoms with E-state index in [2.05, 4.69) is 31.0 Å². The molecule has 2 aliphatic rings. The number of hydrogen-bond donors (Lipinski definition) is 1. The van der Waals surface area contributed by atoms with Crippen molar-refractivity contribution in [2.45, 2.75) is 33.3 Å². The predicted molar refractivity (Wildman–Crippen MR) is 62.3 cm³/mol. The van der Waals surface area contributed by atoms with Gasteiger partial charge >= 0.3 is 6.09 Å². The van der Waals surface area contributed by atoms with Crippen LogP contribution in [0.4, 0.5) is 4.79 Å². The number of ether oxygens (including phenoxy) is 1. The summed E-state index contributed by atoms with van der Waals surface area (Å²) in [6, 6.07) is 0. The Morgan fingerprint density at radius 3 is 2.75 bits per heavy atom. The number of carbonyl (C=O) groups is 1. The van der Waals surface area contributed by atoms with Gasteiger partial charge in [-0.15, -0.1) is 0 Å². The molecule has 16 heavy (non-hydrogen) atoms. The number of nitrogens with one attached hydrogen (secondary N) is 1. The van der Waals surface area contributed by atoms with E-state index >= 15 is 0 Å². The highest BCUT2D eigenvalue weighted by atomic mass is 16.6. The van der Waals surface area contributed by atoms with Gasteiger partial charge in [0.1, 0.15) is 6.10 Å². The zero-order chi connectivity index (χ0) is 11.8. The lowest BCUT2D eigenvalue weighted by molar-refractivity contribution is 0.112. The Labute approximate surface area is 97.3 Å². The normalized spacial score (nSPS) is 31.6. The molecule has 1 N–H and O–H groups in total. The van der Waals surface area contributed by atoms with E-state index in [0.29, 0.717) is 12.0 Å². The summed E-state index contributed by atoms with van der Waals surface area (Å²) in [7, 11) is 0. The lowest BCUT2D eigenvalue weighted by Crippen LogP contribution is -2.34. The standard InChI is InChI=1S/C12H22N2O2/c1-12(2,3)9-4-5-14(7-9)8-10-6-13-11(15)16-10/h9-10H,4-8H2,1-3H3,(H,13,15). The maximum Gasteiger partial charge on any atom is 0.407 e. The topological polar surface area (TPSA) is 41.6 Å². The minimum atomic E-state index is -0.267. The molecule has 2 unspecified atom stereocenters. The molecule has 0 bridgehead atoms. The second-order valence-corrected chi connectivity index (χ2v) is 6.02. The molecule has 1 amide bonds. The number of carbonyl (C=O) groups excluding carboxylic acids is 1. The highest BCUT2D eigenvalue weighted by Gasteiger charge is 2.34. The summed E-state index contributed by atoms with van der Waals surface area (Å²) in [5, 5.41) is 2.70. The van der Waals surface area contributed by atoms with E-state index in [0.717, 1.165) is 25.6 Å². The first-order valence-corrected chi connectivity index (χ1v) is 6.12. The second kappa shape index (κ2) is 4.24. The number of amides is 1. The van der Waals surface area contributed by atoms with Crippen molar-refractivity contribution in [1.82, 2.24) is 10.2 Å². The van der Waals surface area contributed by atoms with Crippen molar-refractivity contribution in [3.8, 4) is 0 Å². The smallest absolute Gasteiger partial charge is 0.407 e. The minimum absolute atomic E-state index is 0.0474. The Hall–Kier alpha value is -0.770. The van der Waals surface area contributed by atoms with Crippen LogP contribution >= 0.6 is 0 Å². The molecule has 0 radical (unpaired) electrons. The molecule has 2 aliphatic heterocycles. The van der Waals surface area contributed by atoms with E-state index < -0.39 is 0 Å². The minimum Gasteiger partial charge on any atom is -0.443 e. The zero-order valence-electron chi connectivity index (χ0n) is 10.5. The fraction of sp³-hybridized carbons (Fsp3) is 0.917. The fourth-order valence-corrected chi connectivity index (χ4v) is 2.53.